The van der Waals surface area contributed by atoms with Gasteiger partial charge in [0.15, 0.2) is 0 Å². The summed E-state index contributed by atoms with van der Waals surface area (Å²) < 4.78 is 31.8. The predicted octanol–water partition coefficient (Wildman–Crippen LogP) is -2.59. The number of hydrogen-bond donors (Lipinski definition) is 0. The first-order chi connectivity index (χ1) is 7.23. The van der Waals surface area contributed by atoms with Crippen LogP contribution in [0.15, 0.2) is 23.1 Å². The quantitative estimate of drug-likeness (QED) is 0.253. The van der Waals surface area contributed by atoms with Crippen LogP contribution in [0.25, 0.3) is 0 Å². The first-order valence-electron chi connectivity index (χ1n) is 3.62. The van der Waals surface area contributed by atoms with Crippen LogP contribution in [0.5, 0.6) is 0 Å². The van der Waals surface area contributed by atoms with E-state index in [1.807, 2.05) is 0 Å². The number of hydrogen-bond acceptors (Lipinski definition) is 7. The molecule has 0 N–H and O–H groups in total. The smallest absolute Gasteiger partial charge is 0.744 e. The molecule has 0 bridgehead atoms. The Balaban J connectivity index is 0.00000256. The van der Waals surface area contributed by atoms with E-state index in [4.69, 9.17) is 0 Å². The van der Waals surface area contributed by atoms with Crippen molar-refractivity contribution in [1.29, 1.82) is 0 Å². The van der Waals surface area contributed by atoms with E-state index in [2.05, 4.69) is 0 Å². The third-order valence-corrected chi connectivity index (χ3v) is 2.50. The van der Waals surface area contributed by atoms with Crippen LogP contribution in [0, 0.1) is 20.2 Å². The maximum atomic E-state index is 10.6. The molecule has 1 aromatic carbocycles. The molecule has 0 spiro atoms. The van der Waals surface area contributed by atoms with Gasteiger partial charge >= 0.3 is 29.6 Å². The van der Waals surface area contributed by atoms with Crippen LogP contribution in [0.1, 0.15) is 0 Å². The van der Waals surface area contributed by atoms with Crippen molar-refractivity contribution in [2.45, 2.75) is 4.90 Å². The first-order valence-corrected chi connectivity index (χ1v) is 5.03. The van der Waals surface area contributed by atoms with Crippen LogP contribution >= 0.6 is 0 Å². The van der Waals surface area contributed by atoms with Crippen LogP contribution in [-0.4, -0.2) is 22.8 Å². The Bertz CT molecular complexity index is 570. The van der Waals surface area contributed by atoms with Crippen molar-refractivity contribution in [3.63, 3.8) is 0 Å². The minimum absolute atomic E-state index is 0. The molecule has 0 atom stereocenters. The maximum absolute atomic E-state index is 10.6. The molecule has 9 nitrogen and oxygen atoms in total. The molecule has 0 aliphatic carbocycles. The molecular formula is C6H3N2NaO7S. The summed E-state index contributed by atoms with van der Waals surface area (Å²) in [4.78, 5) is 17.5. The molecule has 0 radical (unpaired) electrons. The van der Waals surface area contributed by atoms with Crippen molar-refractivity contribution in [2.24, 2.45) is 0 Å². The van der Waals surface area contributed by atoms with Gasteiger partial charge in [-0.3, -0.25) is 20.2 Å². The molecule has 0 heterocycles. The summed E-state index contributed by atoms with van der Waals surface area (Å²) in [6.07, 6.45) is 0. The Morgan fingerprint density at radius 1 is 1.06 bits per heavy atom. The fraction of sp³-hybridized carbons (Fsp3) is 0. The average molecular weight is 270 g/mol. The molecule has 0 aromatic heterocycles. The van der Waals surface area contributed by atoms with Gasteiger partial charge in [0.1, 0.15) is 15.0 Å². The van der Waals surface area contributed by atoms with E-state index in [0.29, 0.717) is 18.2 Å². The molecule has 0 unspecified atom stereocenters. The monoisotopic (exact) mass is 270 g/mol. The van der Waals surface area contributed by atoms with Gasteiger partial charge in [0, 0.05) is 6.07 Å². The van der Waals surface area contributed by atoms with Gasteiger partial charge in [-0.2, -0.15) is 0 Å². The molecule has 1 aromatic rings. The predicted molar refractivity (Wildman–Crippen MR) is 47.7 cm³/mol. The fourth-order valence-electron chi connectivity index (χ4n) is 0.973. The maximum Gasteiger partial charge on any atom is 1.00 e. The Labute approximate surface area is 117 Å². The molecule has 1 rings (SSSR count). The standard InChI is InChI=1S/C6H4N2O7S.Na/c9-7(10)4-1-2-6(16(13,14)15)5(3-4)8(11)12;/h1-3H,(H,13,14,15);/q;+1/p-1. The van der Waals surface area contributed by atoms with Gasteiger partial charge in [0.25, 0.3) is 11.4 Å². The second-order valence-electron chi connectivity index (χ2n) is 2.62. The molecule has 86 valence electrons. The van der Waals surface area contributed by atoms with Crippen LogP contribution in [-0.2, 0) is 10.1 Å². The zero-order valence-electron chi connectivity index (χ0n) is 8.39. The first kappa shape index (κ1) is 15.9. The molecule has 0 fully saturated rings. The SMILES string of the molecule is O=[N+]([O-])c1ccc(S(=O)(=O)[O-])c([N+](=O)[O-])c1.[Na+]. The van der Waals surface area contributed by atoms with Crippen molar-refractivity contribution >= 4 is 21.5 Å². The van der Waals surface area contributed by atoms with Gasteiger partial charge in [0.05, 0.1) is 15.9 Å². The van der Waals surface area contributed by atoms with E-state index in [9.17, 15) is 33.2 Å². The zero-order valence-corrected chi connectivity index (χ0v) is 11.2. The molecule has 0 saturated heterocycles. The van der Waals surface area contributed by atoms with Crippen molar-refractivity contribution in [3.05, 3.63) is 38.4 Å². The van der Waals surface area contributed by atoms with Crippen molar-refractivity contribution in [3.8, 4) is 0 Å². The molecular weight excluding hydrogens is 267 g/mol. The Morgan fingerprint density at radius 3 is 1.94 bits per heavy atom. The third kappa shape index (κ3) is 3.71. The Kier molecular flexibility index (Phi) is 5.16. The summed E-state index contributed by atoms with van der Waals surface area (Å²) in [5.74, 6) is 0. The second kappa shape index (κ2) is 5.51. The summed E-state index contributed by atoms with van der Waals surface area (Å²) in [5, 5.41) is 20.7. The Morgan fingerprint density at radius 2 is 1.59 bits per heavy atom. The number of nitro benzene ring substituents is 2. The van der Waals surface area contributed by atoms with E-state index >= 15 is 0 Å². The van der Waals surface area contributed by atoms with Gasteiger partial charge in [-0.25, -0.2) is 8.42 Å². The topological polar surface area (TPSA) is 143 Å². The number of nitro groups is 2. The molecule has 0 aliphatic rings. The number of rotatable bonds is 3. The average Bonchev–Trinajstić information content (AvgIpc) is 2.15. The second-order valence-corrected chi connectivity index (χ2v) is 3.97. The molecule has 17 heavy (non-hydrogen) atoms. The zero-order chi connectivity index (χ0) is 12.5. The summed E-state index contributed by atoms with van der Waals surface area (Å²) in [6, 6.07) is 1.67. The summed E-state index contributed by atoms with van der Waals surface area (Å²) in [6.45, 7) is 0. The number of nitrogens with zero attached hydrogens (tertiary/aromatic N) is 2. The van der Waals surface area contributed by atoms with Crippen LogP contribution in [0.4, 0.5) is 11.4 Å². The third-order valence-electron chi connectivity index (χ3n) is 1.62. The van der Waals surface area contributed by atoms with Crippen molar-refractivity contribution in [2.75, 3.05) is 0 Å². The van der Waals surface area contributed by atoms with Crippen molar-refractivity contribution in [1.82, 2.24) is 0 Å². The normalized spacial score (nSPS) is 10.4. The van der Waals surface area contributed by atoms with Gasteiger partial charge in [0.2, 0.25) is 0 Å². The number of benzene rings is 1. The minimum atomic E-state index is -5.04. The van der Waals surface area contributed by atoms with E-state index in [-0.39, 0.29) is 29.6 Å². The fourth-order valence-corrected chi connectivity index (χ4v) is 1.60. The van der Waals surface area contributed by atoms with Crippen LogP contribution in [0.2, 0.25) is 0 Å². The van der Waals surface area contributed by atoms with E-state index in [1.54, 1.807) is 0 Å². The van der Waals surface area contributed by atoms with Crippen LogP contribution < -0.4 is 29.6 Å². The summed E-state index contributed by atoms with van der Waals surface area (Å²) in [7, 11) is -5.04. The number of non-ortho nitro benzene ring substituents is 1. The minimum Gasteiger partial charge on any atom is -0.744 e. The molecule has 0 aliphatic heterocycles. The van der Waals surface area contributed by atoms with E-state index in [0.717, 1.165) is 0 Å². The van der Waals surface area contributed by atoms with E-state index < -0.39 is 36.2 Å². The summed E-state index contributed by atoms with van der Waals surface area (Å²) >= 11 is 0. The molecule has 0 saturated carbocycles. The van der Waals surface area contributed by atoms with E-state index in [1.165, 1.54) is 0 Å². The Hall–Kier alpha value is -1.07. The van der Waals surface area contributed by atoms with Crippen molar-refractivity contribution < 1.29 is 52.4 Å². The van der Waals surface area contributed by atoms with Gasteiger partial charge in [-0.1, -0.05) is 0 Å². The van der Waals surface area contributed by atoms with Gasteiger partial charge in [-0.05, 0) is 6.07 Å². The van der Waals surface area contributed by atoms with Crippen LogP contribution in [0.3, 0.4) is 0 Å². The van der Waals surface area contributed by atoms with Gasteiger partial charge in [-0.15, -0.1) is 0 Å². The van der Waals surface area contributed by atoms with Gasteiger partial charge < -0.3 is 4.55 Å². The summed E-state index contributed by atoms with van der Waals surface area (Å²) in [5.41, 5.74) is -1.77. The molecule has 0 amide bonds. The largest absolute Gasteiger partial charge is 1.00 e. The molecule has 11 heteroatoms.